The van der Waals surface area contributed by atoms with E-state index in [-0.39, 0.29) is 11.6 Å². The van der Waals surface area contributed by atoms with Gasteiger partial charge in [-0.25, -0.2) is 4.39 Å². The fraction of sp³-hybridized carbons (Fsp3) is 0.385. The molecule has 0 aliphatic heterocycles. The fourth-order valence-corrected chi connectivity index (χ4v) is 2.21. The Morgan fingerprint density at radius 3 is 2.60 bits per heavy atom. The molecule has 0 heterocycles. The van der Waals surface area contributed by atoms with Crippen molar-refractivity contribution in [2.24, 2.45) is 0 Å². The topological polar surface area (TPSA) is 78.4 Å². The molecule has 1 aliphatic carbocycles. The summed E-state index contributed by atoms with van der Waals surface area (Å²) >= 11 is 5.60. The van der Waals surface area contributed by atoms with Gasteiger partial charge in [0.05, 0.1) is 11.6 Å². The fourth-order valence-electron chi connectivity index (χ4n) is 2.03. The standard InChI is InChI=1S/C13H14ClFN2O3/c14-9-6-8(2-3-10(9)15)17-11(18)7-16-13(12(19)20)4-1-5-13/h2-3,6,16H,1,4-5,7H2,(H,17,18)(H,19,20). The Morgan fingerprint density at radius 2 is 2.10 bits per heavy atom. The number of hydrogen-bond donors (Lipinski definition) is 3. The molecule has 0 atom stereocenters. The monoisotopic (exact) mass is 300 g/mol. The number of carboxylic acids is 1. The summed E-state index contributed by atoms with van der Waals surface area (Å²) in [6.45, 7) is -0.124. The van der Waals surface area contributed by atoms with E-state index in [2.05, 4.69) is 10.6 Å². The van der Waals surface area contributed by atoms with E-state index >= 15 is 0 Å². The Hall–Kier alpha value is -1.66. The summed E-state index contributed by atoms with van der Waals surface area (Å²) in [5.74, 6) is -1.91. The number of carbonyl (C=O) groups excluding carboxylic acids is 1. The van der Waals surface area contributed by atoms with Crippen LogP contribution in [-0.4, -0.2) is 29.1 Å². The number of nitrogens with one attached hydrogen (secondary N) is 2. The normalized spacial score (nSPS) is 16.3. The highest BCUT2D eigenvalue weighted by atomic mass is 35.5. The Kier molecular flexibility index (Phi) is 4.25. The summed E-state index contributed by atoms with van der Waals surface area (Å²) in [5.41, 5.74) is -0.626. The maximum absolute atomic E-state index is 13.0. The number of anilines is 1. The minimum Gasteiger partial charge on any atom is -0.480 e. The van der Waals surface area contributed by atoms with Crippen LogP contribution >= 0.6 is 11.6 Å². The molecule has 0 unspecified atom stereocenters. The van der Waals surface area contributed by atoms with Crippen LogP contribution in [0, 0.1) is 5.82 Å². The minimum atomic E-state index is -0.988. The highest BCUT2D eigenvalue weighted by Gasteiger charge is 2.44. The van der Waals surface area contributed by atoms with Crippen LogP contribution in [0.1, 0.15) is 19.3 Å². The van der Waals surface area contributed by atoms with E-state index in [9.17, 15) is 14.0 Å². The van der Waals surface area contributed by atoms with Crippen molar-refractivity contribution in [1.82, 2.24) is 5.32 Å². The SMILES string of the molecule is O=C(CNC1(C(=O)O)CCC1)Nc1ccc(F)c(Cl)c1. The zero-order valence-corrected chi connectivity index (χ0v) is 11.3. The number of hydrogen-bond acceptors (Lipinski definition) is 3. The van der Waals surface area contributed by atoms with E-state index in [1.165, 1.54) is 12.1 Å². The molecular weight excluding hydrogens is 287 g/mol. The molecule has 0 radical (unpaired) electrons. The van der Waals surface area contributed by atoms with Gasteiger partial charge in [-0.1, -0.05) is 11.6 Å². The van der Waals surface area contributed by atoms with Crippen molar-refractivity contribution >= 4 is 29.2 Å². The molecule has 5 nitrogen and oxygen atoms in total. The molecule has 7 heteroatoms. The predicted molar refractivity (Wildman–Crippen MR) is 72.3 cm³/mol. The molecule has 20 heavy (non-hydrogen) atoms. The van der Waals surface area contributed by atoms with Gasteiger partial charge in [-0.3, -0.25) is 14.9 Å². The third-order valence-corrected chi connectivity index (χ3v) is 3.70. The molecule has 1 saturated carbocycles. The lowest BCUT2D eigenvalue weighted by molar-refractivity contribution is -0.148. The molecule has 3 N–H and O–H groups in total. The lowest BCUT2D eigenvalue weighted by Crippen LogP contribution is -2.58. The molecule has 0 bridgehead atoms. The third-order valence-electron chi connectivity index (χ3n) is 3.41. The molecule has 0 aromatic heterocycles. The lowest BCUT2D eigenvalue weighted by atomic mass is 9.77. The summed E-state index contributed by atoms with van der Waals surface area (Å²) in [7, 11) is 0. The van der Waals surface area contributed by atoms with Gasteiger partial charge < -0.3 is 10.4 Å². The first-order valence-electron chi connectivity index (χ1n) is 6.16. The van der Waals surface area contributed by atoms with E-state index < -0.39 is 23.2 Å². The summed E-state index contributed by atoms with van der Waals surface area (Å²) in [6.07, 6.45) is 1.85. The number of carbonyl (C=O) groups is 2. The predicted octanol–water partition coefficient (Wildman–Crippen LogP) is 2.01. The van der Waals surface area contributed by atoms with Gasteiger partial charge in [0.15, 0.2) is 0 Å². The van der Waals surface area contributed by atoms with Gasteiger partial charge >= 0.3 is 5.97 Å². The van der Waals surface area contributed by atoms with E-state index in [4.69, 9.17) is 16.7 Å². The molecule has 0 spiro atoms. The molecule has 1 aromatic rings. The average Bonchev–Trinajstić information content (AvgIpc) is 2.32. The number of halogens is 2. The van der Waals surface area contributed by atoms with Crippen molar-refractivity contribution in [3.05, 3.63) is 29.0 Å². The molecular formula is C13H14ClFN2O3. The van der Waals surface area contributed by atoms with Crippen LogP contribution in [0.2, 0.25) is 5.02 Å². The summed E-state index contributed by atoms with van der Waals surface area (Å²) in [5, 5.41) is 14.3. The summed E-state index contributed by atoms with van der Waals surface area (Å²) < 4.78 is 13.0. The van der Waals surface area contributed by atoms with Crippen molar-refractivity contribution in [2.75, 3.05) is 11.9 Å². The molecule has 108 valence electrons. The molecule has 2 rings (SSSR count). The van der Waals surface area contributed by atoms with Crippen LogP contribution in [0.15, 0.2) is 18.2 Å². The first-order chi connectivity index (χ1) is 9.43. The van der Waals surface area contributed by atoms with Gasteiger partial charge in [0, 0.05) is 5.69 Å². The smallest absolute Gasteiger partial charge is 0.323 e. The van der Waals surface area contributed by atoms with Gasteiger partial charge in [-0.05, 0) is 37.5 Å². The number of benzene rings is 1. The van der Waals surface area contributed by atoms with Crippen molar-refractivity contribution in [2.45, 2.75) is 24.8 Å². The maximum atomic E-state index is 13.0. The Bertz CT molecular complexity index is 546. The molecule has 0 saturated heterocycles. The minimum absolute atomic E-state index is 0.0863. The zero-order chi connectivity index (χ0) is 14.8. The number of amides is 1. The first kappa shape index (κ1) is 14.7. The van der Waals surface area contributed by atoms with Gasteiger partial charge in [0.25, 0.3) is 0 Å². The van der Waals surface area contributed by atoms with E-state index in [0.717, 1.165) is 12.5 Å². The average molecular weight is 301 g/mol. The van der Waals surface area contributed by atoms with Crippen molar-refractivity contribution in [3.63, 3.8) is 0 Å². The number of aliphatic carboxylic acids is 1. The summed E-state index contributed by atoms with van der Waals surface area (Å²) in [4.78, 5) is 22.8. The number of rotatable bonds is 5. The lowest BCUT2D eigenvalue weighted by Gasteiger charge is -2.38. The Balaban J connectivity index is 1.89. The van der Waals surface area contributed by atoms with Crippen LogP contribution in [0.4, 0.5) is 10.1 Å². The van der Waals surface area contributed by atoms with Gasteiger partial charge in [0.1, 0.15) is 11.4 Å². The van der Waals surface area contributed by atoms with Gasteiger partial charge in [-0.2, -0.15) is 0 Å². The van der Waals surface area contributed by atoms with E-state index in [1.54, 1.807) is 0 Å². The van der Waals surface area contributed by atoms with Crippen molar-refractivity contribution < 1.29 is 19.1 Å². The second kappa shape index (κ2) is 5.76. The van der Waals surface area contributed by atoms with Crippen LogP contribution < -0.4 is 10.6 Å². The first-order valence-corrected chi connectivity index (χ1v) is 6.54. The highest BCUT2D eigenvalue weighted by molar-refractivity contribution is 6.31. The van der Waals surface area contributed by atoms with Crippen molar-refractivity contribution in [3.8, 4) is 0 Å². The molecule has 1 amide bonds. The van der Waals surface area contributed by atoms with Crippen LogP contribution in [-0.2, 0) is 9.59 Å². The van der Waals surface area contributed by atoms with E-state index in [1.807, 2.05) is 0 Å². The second-order valence-electron chi connectivity index (χ2n) is 4.77. The largest absolute Gasteiger partial charge is 0.480 e. The van der Waals surface area contributed by atoms with E-state index in [0.29, 0.717) is 18.5 Å². The van der Waals surface area contributed by atoms with Crippen LogP contribution in [0.3, 0.4) is 0 Å². The Labute approximate surface area is 120 Å². The van der Waals surface area contributed by atoms with Gasteiger partial charge in [-0.15, -0.1) is 0 Å². The zero-order valence-electron chi connectivity index (χ0n) is 10.6. The quantitative estimate of drug-likeness (QED) is 0.777. The maximum Gasteiger partial charge on any atom is 0.323 e. The van der Waals surface area contributed by atoms with Crippen LogP contribution in [0.5, 0.6) is 0 Å². The number of carboxylic acid groups (broad SMARTS) is 1. The van der Waals surface area contributed by atoms with Gasteiger partial charge in [0.2, 0.25) is 5.91 Å². The Morgan fingerprint density at radius 1 is 1.40 bits per heavy atom. The van der Waals surface area contributed by atoms with Crippen molar-refractivity contribution in [1.29, 1.82) is 0 Å². The molecule has 1 aromatic carbocycles. The highest BCUT2D eigenvalue weighted by Crippen LogP contribution is 2.31. The third kappa shape index (κ3) is 3.08. The molecule has 1 fully saturated rings. The summed E-state index contributed by atoms with van der Waals surface area (Å²) in [6, 6.07) is 3.83. The van der Waals surface area contributed by atoms with Crippen LogP contribution in [0.25, 0.3) is 0 Å². The molecule has 1 aliphatic rings. The second-order valence-corrected chi connectivity index (χ2v) is 5.18.